The Morgan fingerprint density at radius 3 is 2.70 bits per heavy atom. The van der Waals surface area contributed by atoms with Gasteiger partial charge in [0.05, 0.1) is 0 Å². The number of likely N-dealkylation sites (tertiary alicyclic amines) is 1. The lowest BCUT2D eigenvalue weighted by atomic mass is 10.0. The van der Waals surface area contributed by atoms with E-state index in [-0.39, 0.29) is 5.82 Å². The molecule has 20 heavy (non-hydrogen) atoms. The molecule has 0 amide bonds. The number of anilines is 1. The molecule has 2 N–H and O–H groups in total. The van der Waals surface area contributed by atoms with E-state index in [1.54, 1.807) is 6.20 Å². The van der Waals surface area contributed by atoms with Gasteiger partial charge in [0.2, 0.25) is 0 Å². The number of halogens is 2. The molecule has 2 fully saturated rings. The number of hydrogen-bond donors (Lipinski definition) is 1. The van der Waals surface area contributed by atoms with Gasteiger partial charge in [0.15, 0.2) is 11.6 Å². The SMILES string of the molecule is NC1CCN(C2CCN(c3ncc(Br)cc3F)C2)CC1. The minimum Gasteiger partial charge on any atom is -0.353 e. The van der Waals surface area contributed by atoms with Crippen LogP contribution >= 0.6 is 15.9 Å². The number of nitrogens with two attached hydrogens (primary N) is 1. The molecule has 0 radical (unpaired) electrons. The Balaban J connectivity index is 1.64. The second-order valence-electron chi connectivity index (χ2n) is 5.72. The number of hydrogen-bond acceptors (Lipinski definition) is 4. The zero-order valence-corrected chi connectivity index (χ0v) is 13.0. The van der Waals surface area contributed by atoms with E-state index < -0.39 is 0 Å². The van der Waals surface area contributed by atoms with E-state index in [1.165, 1.54) is 6.07 Å². The van der Waals surface area contributed by atoms with Crippen molar-refractivity contribution in [2.24, 2.45) is 5.73 Å². The van der Waals surface area contributed by atoms with E-state index in [0.717, 1.165) is 45.4 Å². The summed E-state index contributed by atoms with van der Waals surface area (Å²) in [4.78, 5) is 8.77. The number of nitrogens with zero attached hydrogens (tertiary/aromatic N) is 3. The first-order chi connectivity index (χ1) is 9.63. The second-order valence-corrected chi connectivity index (χ2v) is 6.64. The van der Waals surface area contributed by atoms with Crippen LogP contribution in [0.15, 0.2) is 16.7 Å². The fourth-order valence-corrected chi connectivity index (χ4v) is 3.46. The average Bonchev–Trinajstić information content (AvgIpc) is 2.89. The third-order valence-electron chi connectivity index (χ3n) is 4.34. The summed E-state index contributed by atoms with van der Waals surface area (Å²) in [7, 11) is 0. The minimum atomic E-state index is -0.249. The van der Waals surface area contributed by atoms with Crippen LogP contribution in [0.2, 0.25) is 0 Å². The quantitative estimate of drug-likeness (QED) is 0.892. The van der Waals surface area contributed by atoms with Gasteiger partial charge in [-0.3, -0.25) is 4.90 Å². The van der Waals surface area contributed by atoms with Gasteiger partial charge in [0.25, 0.3) is 0 Å². The maximum atomic E-state index is 14.0. The molecule has 0 aromatic carbocycles. The summed E-state index contributed by atoms with van der Waals surface area (Å²) >= 11 is 3.24. The van der Waals surface area contributed by atoms with Crippen molar-refractivity contribution in [1.82, 2.24) is 9.88 Å². The van der Waals surface area contributed by atoms with Crippen molar-refractivity contribution in [3.63, 3.8) is 0 Å². The van der Waals surface area contributed by atoms with Crippen molar-refractivity contribution in [3.05, 3.63) is 22.6 Å². The smallest absolute Gasteiger partial charge is 0.166 e. The summed E-state index contributed by atoms with van der Waals surface area (Å²) < 4.78 is 14.6. The predicted molar refractivity (Wildman–Crippen MR) is 81.3 cm³/mol. The normalized spacial score (nSPS) is 25.4. The lowest BCUT2D eigenvalue weighted by molar-refractivity contribution is 0.163. The number of piperidine rings is 1. The van der Waals surface area contributed by atoms with E-state index in [0.29, 0.717) is 22.4 Å². The van der Waals surface area contributed by atoms with Gasteiger partial charge in [-0.2, -0.15) is 0 Å². The maximum absolute atomic E-state index is 14.0. The van der Waals surface area contributed by atoms with Crippen molar-refractivity contribution < 1.29 is 4.39 Å². The topological polar surface area (TPSA) is 45.4 Å². The minimum absolute atomic E-state index is 0.249. The summed E-state index contributed by atoms with van der Waals surface area (Å²) in [5.41, 5.74) is 5.95. The highest BCUT2D eigenvalue weighted by molar-refractivity contribution is 9.10. The predicted octanol–water partition coefficient (Wildman–Crippen LogP) is 1.98. The Kier molecular flexibility index (Phi) is 4.23. The standard InChI is InChI=1S/C14H20BrFN4/c15-10-7-13(16)14(18-8-10)20-6-3-12(9-20)19-4-1-11(17)2-5-19/h7-8,11-12H,1-6,9,17H2. The van der Waals surface area contributed by atoms with Crippen molar-refractivity contribution in [1.29, 1.82) is 0 Å². The zero-order valence-electron chi connectivity index (χ0n) is 11.4. The maximum Gasteiger partial charge on any atom is 0.166 e. The molecular formula is C14H20BrFN4. The monoisotopic (exact) mass is 342 g/mol. The molecule has 3 rings (SSSR count). The van der Waals surface area contributed by atoms with Crippen molar-refractivity contribution in [2.45, 2.75) is 31.3 Å². The molecule has 0 saturated carbocycles. The molecule has 1 atom stereocenters. The van der Waals surface area contributed by atoms with E-state index >= 15 is 0 Å². The number of pyridine rings is 1. The van der Waals surface area contributed by atoms with Crippen LogP contribution in [0.3, 0.4) is 0 Å². The number of rotatable bonds is 2. The molecule has 1 aromatic heterocycles. The first-order valence-corrected chi connectivity index (χ1v) is 7.98. The summed E-state index contributed by atoms with van der Waals surface area (Å²) in [5.74, 6) is 0.227. The Hall–Kier alpha value is -0.720. The van der Waals surface area contributed by atoms with Crippen LogP contribution in [0.1, 0.15) is 19.3 Å². The summed E-state index contributed by atoms with van der Waals surface area (Å²) in [6.07, 6.45) is 4.88. The molecule has 1 unspecified atom stereocenters. The van der Waals surface area contributed by atoms with E-state index in [4.69, 9.17) is 5.73 Å². The van der Waals surface area contributed by atoms with Crippen LogP contribution in [-0.2, 0) is 0 Å². The average molecular weight is 343 g/mol. The molecule has 110 valence electrons. The van der Waals surface area contributed by atoms with Gasteiger partial charge in [-0.1, -0.05) is 0 Å². The van der Waals surface area contributed by atoms with Crippen LogP contribution in [0.25, 0.3) is 0 Å². The van der Waals surface area contributed by atoms with Crippen molar-refractivity contribution in [3.8, 4) is 0 Å². The van der Waals surface area contributed by atoms with Crippen LogP contribution in [0.4, 0.5) is 10.2 Å². The Morgan fingerprint density at radius 2 is 2.00 bits per heavy atom. The third kappa shape index (κ3) is 2.97. The molecule has 4 nitrogen and oxygen atoms in total. The van der Waals surface area contributed by atoms with Gasteiger partial charge in [-0.15, -0.1) is 0 Å². The molecule has 3 heterocycles. The van der Waals surface area contributed by atoms with Gasteiger partial charge >= 0.3 is 0 Å². The molecule has 2 aliphatic heterocycles. The van der Waals surface area contributed by atoms with Crippen LogP contribution in [0.5, 0.6) is 0 Å². The van der Waals surface area contributed by atoms with E-state index in [9.17, 15) is 4.39 Å². The molecule has 0 bridgehead atoms. The fourth-order valence-electron chi connectivity index (χ4n) is 3.16. The van der Waals surface area contributed by atoms with Crippen molar-refractivity contribution in [2.75, 3.05) is 31.1 Å². The molecule has 0 spiro atoms. The first kappa shape index (κ1) is 14.2. The zero-order chi connectivity index (χ0) is 14.1. The fraction of sp³-hybridized carbons (Fsp3) is 0.643. The van der Waals surface area contributed by atoms with Gasteiger partial charge in [0, 0.05) is 35.8 Å². The highest BCUT2D eigenvalue weighted by Gasteiger charge is 2.31. The highest BCUT2D eigenvalue weighted by atomic mass is 79.9. The van der Waals surface area contributed by atoms with Crippen LogP contribution < -0.4 is 10.6 Å². The Labute approximate surface area is 127 Å². The molecule has 0 aliphatic carbocycles. The Bertz CT molecular complexity index is 476. The summed E-state index contributed by atoms with van der Waals surface area (Å²) in [5, 5.41) is 0. The Morgan fingerprint density at radius 1 is 1.25 bits per heavy atom. The van der Waals surface area contributed by atoms with Crippen molar-refractivity contribution >= 4 is 21.7 Å². The third-order valence-corrected chi connectivity index (χ3v) is 4.78. The molecular weight excluding hydrogens is 323 g/mol. The first-order valence-electron chi connectivity index (χ1n) is 7.19. The van der Waals surface area contributed by atoms with Gasteiger partial charge < -0.3 is 10.6 Å². The molecule has 6 heteroatoms. The molecule has 2 saturated heterocycles. The second kappa shape index (κ2) is 5.95. The van der Waals surface area contributed by atoms with Gasteiger partial charge in [-0.25, -0.2) is 9.37 Å². The lowest BCUT2D eigenvalue weighted by Gasteiger charge is -2.34. The molecule has 1 aromatic rings. The summed E-state index contributed by atoms with van der Waals surface area (Å²) in [6.45, 7) is 3.87. The van der Waals surface area contributed by atoms with Crippen LogP contribution in [-0.4, -0.2) is 48.1 Å². The lowest BCUT2D eigenvalue weighted by Crippen LogP contribution is -2.46. The van der Waals surface area contributed by atoms with E-state index in [1.807, 2.05) is 0 Å². The van der Waals surface area contributed by atoms with Gasteiger partial charge in [-0.05, 0) is 54.3 Å². The van der Waals surface area contributed by atoms with Gasteiger partial charge in [0.1, 0.15) is 0 Å². The molecule has 2 aliphatic rings. The largest absolute Gasteiger partial charge is 0.353 e. The van der Waals surface area contributed by atoms with Crippen LogP contribution in [0, 0.1) is 5.82 Å². The number of aromatic nitrogens is 1. The highest BCUT2D eigenvalue weighted by Crippen LogP contribution is 2.26. The summed E-state index contributed by atoms with van der Waals surface area (Å²) in [6, 6.07) is 2.34. The van der Waals surface area contributed by atoms with E-state index in [2.05, 4.69) is 30.7 Å².